The van der Waals surface area contributed by atoms with E-state index in [0.717, 1.165) is 11.3 Å². The Kier molecular flexibility index (Phi) is 4.40. The van der Waals surface area contributed by atoms with Crippen LogP contribution in [0.15, 0.2) is 47.6 Å². The minimum Gasteiger partial charge on any atom is -0.192 e. The number of thioether (sulfide) groups is 1. The topological polar surface area (TPSA) is 67.4 Å². The van der Waals surface area contributed by atoms with Gasteiger partial charge in [-0.25, -0.2) is 0 Å². The van der Waals surface area contributed by atoms with Gasteiger partial charge >= 0.3 is 0 Å². The number of nitriles is 1. The molecule has 0 spiro atoms. The number of hydrogen-bond acceptors (Lipinski definition) is 5. The maximum Gasteiger partial charge on any atom is 0.214 e. The molecule has 0 N–H and O–H groups in total. The third-order valence-corrected chi connectivity index (χ3v) is 4.64. The van der Waals surface area contributed by atoms with Crippen LogP contribution in [0.3, 0.4) is 0 Å². The molecule has 0 saturated heterocycles. The van der Waals surface area contributed by atoms with Crippen molar-refractivity contribution >= 4 is 11.8 Å². The van der Waals surface area contributed by atoms with Gasteiger partial charge in [0.15, 0.2) is 0 Å². The van der Waals surface area contributed by atoms with Crippen molar-refractivity contribution in [1.29, 1.82) is 5.26 Å². The van der Waals surface area contributed by atoms with Crippen molar-refractivity contribution in [3.05, 3.63) is 64.7 Å². The molecule has 23 heavy (non-hydrogen) atoms. The number of aryl methyl sites for hydroxylation is 2. The zero-order chi connectivity index (χ0) is 16.2. The number of aromatic nitrogens is 4. The number of nitrogens with zero attached hydrogens (tertiary/aromatic N) is 5. The molecular weight excluding hydrogens is 306 g/mol. The zero-order valence-electron chi connectivity index (χ0n) is 12.9. The third kappa shape index (κ3) is 3.25. The molecule has 3 aromatic rings. The van der Waals surface area contributed by atoms with Gasteiger partial charge in [0.1, 0.15) is 0 Å². The molecule has 0 aliphatic carbocycles. The average Bonchev–Trinajstić information content (AvgIpc) is 3.04. The Labute approximate surface area is 139 Å². The summed E-state index contributed by atoms with van der Waals surface area (Å²) in [5.41, 5.74) is 5.04. The Balaban J connectivity index is 1.84. The van der Waals surface area contributed by atoms with E-state index < -0.39 is 0 Å². The fourth-order valence-corrected chi connectivity index (χ4v) is 3.08. The van der Waals surface area contributed by atoms with Crippen LogP contribution in [-0.2, 0) is 5.75 Å². The average molecular weight is 321 g/mol. The van der Waals surface area contributed by atoms with E-state index >= 15 is 0 Å². The van der Waals surface area contributed by atoms with Crippen LogP contribution in [0.5, 0.6) is 0 Å². The van der Waals surface area contributed by atoms with E-state index in [1.165, 1.54) is 22.9 Å². The first-order valence-electron chi connectivity index (χ1n) is 7.16. The van der Waals surface area contributed by atoms with Crippen molar-refractivity contribution in [2.24, 2.45) is 0 Å². The number of benzene rings is 2. The Hall–Kier alpha value is -2.65. The van der Waals surface area contributed by atoms with Gasteiger partial charge in [-0.2, -0.15) is 9.94 Å². The minimum atomic E-state index is 0.648. The quantitative estimate of drug-likeness (QED) is 0.689. The summed E-state index contributed by atoms with van der Waals surface area (Å²) in [6.45, 7) is 4.15. The Morgan fingerprint density at radius 2 is 1.96 bits per heavy atom. The molecule has 5 nitrogen and oxygen atoms in total. The highest BCUT2D eigenvalue weighted by molar-refractivity contribution is 7.98. The van der Waals surface area contributed by atoms with Gasteiger partial charge in [0.2, 0.25) is 5.16 Å². The Morgan fingerprint density at radius 3 is 2.74 bits per heavy atom. The van der Waals surface area contributed by atoms with E-state index in [0.29, 0.717) is 16.5 Å². The number of hydrogen-bond donors (Lipinski definition) is 0. The summed E-state index contributed by atoms with van der Waals surface area (Å²) in [4.78, 5) is 0. The van der Waals surface area contributed by atoms with Crippen molar-refractivity contribution in [3.63, 3.8) is 0 Å². The zero-order valence-corrected chi connectivity index (χ0v) is 13.7. The molecular formula is C17H15N5S. The molecule has 0 fully saturated rings. The molecule has 3 rings (SSSR count). The molecule has 2 aromatic carbocycles. The first-order chi connectivity index (χ1) is 11.2. The van der Waals surface area contributed by atoms with Crippen LogP contribution in [0.2, 0.25) is 0 Å². The van der Waals surface area contributed by atoms with Crippen molar-refractivity contribution in [2.45, 2.75) is 24.8 Å². The van der Waals surface area contributed by atoms with Gasteiger partial charge in [-0.15, -0.1) is 5.10 Å². The lowest BCUT2D eigenvalue weighted by Crippen LogP contribution is -2.00. The SMILES string of the molecule is Cc1ccc(-n2nnnc2SCc2ccccc2C#N)cc1C. The summed E-state index contributed by atoms with van der Waals surface area (Å²) >= 11 is 1.52. The molecule has 0 radical (unpaired) electrons. The maximum absolute atomic E-state index is 9.16. The normalized spacial score (nSPS) is 10.5. The fraction of sp³-hybridized carbons (Fsp3) is 0.176. The molecule has 0 amide bonds. The highest BCUT2D eigenvalue weighted by Gasteiger charge is 2.11. The largest absolute Gasteiger partial charge is 0.214 e. The second kappa shape index (κ2) is 6.63. The van der Waals surface area contributed by atoms with Crippen molar-refractivity contribution < 1.29 is 0 Å². The van der Waals surface area contributed by atoms with Crippen LogP contribution in [-0.4, -0.2) is 20.2 Å². The molecule has 0 saturated carbocycles. The summed E-state index contributed by atoms with van der Waals surface area (Å²) in [6.07, 6.45) is 0. The molecule has 0 aliphatic rings. The van der Waals surface area contributed by atoms with Gasteiger partial charge in [0, 0.05) is 5.75 Å². The summed E-state index contributed by atoms with van der Waals surface area (Å²) in [5.74, 6) is 0.648. The molecule has 114 valence electrons. The molecule has 0 atom stereocenters. The molecule has 0 aliphatic heterocycles. The highest BCUT2D eigenvalue weighted by Crippen LogP contribution is 2.24. The summed E-state index contributed by atoms with van der Waals surface area (Å²) < 4.78 is 1.73. The lowest BCUT2D eigenvalue weighted by molar-refractivity contribution is 0.755. The van der Waals surface area contributed by atoms with Crippen LogP contribution >= 0.6 is 11.8 Å². The Bertz CT molecular complexity index is 879. The lowest BCUT2D eigenvalue weighted by Gasteiger charge is -2.07. The summed E-state index contributed by atoms with van der Waals surface area (Å²) in [7, 11) is 0. The van der Waals surface area contributed by atoms with Gasteiger partial charge in [0.25, 0.3) is 0 Å². The smallest absolute Gasteiger partial charge is 0.192 e. The monoisotopic (exact) mass is 321 g/mol. The second-order valence-corrected chi connectivity index (χ2v) is 6.14. The van der Waals surface area contributed by atoms with Gasteiger partial charge < -0.3 is 0 Å². The summed E-state index contributed by atoms with van der Waals surface area (Å²) in [5, 5.41) is 21.8. The van der Waals surface area contributed by atoms with E-state index in [2.05, 4.69) is 47.6 Å². The van der Waals surface area contributed by atoms with Crippen molar-refractivity contribution in [3.8, 4) is 11.8 Å². The van der Waals surface area contributed by atoms with E-state index in [1.54, 1.807) is 4.68 Å². The predicted molar refractivity (Wildman–Crippen MR) is 89.3 cm³/mol. The van der Waals surface area contributed by atoms with Crippen molar-refractivity contribution in [1.82, 2.24) is 20.2 Å². The first-order valence-corrected chi connectivity index (χ1v) is 8.14. The van der Waals surface area contributed by atoms with Crippen LogP contribution in [0.1, 0.15) is 22.3 Å². The van der Waals surface area contributed by atoms with Crippen LogP contribution in [0.25, 0.3) is 5.69 Å². The molecule has 1 aromatic heterocycles. The fourth-order valence-electron chi connectivity index (χ4n) is 2.19. The van der Waals surface area contributed by atoms with Gasteiger partial charge in [-0.1, -0.05) is 36.0 Å². The van der Waals surface area contributed by atoms with Crippen LogP contribution in [0.4, 0.5) is 0 Å². The minimum absolute atomic E-state index is 0.648. The second-order valence-electron chi connectivity index (χ2n) is 5.20. The van der Waals surface area contributed by atoms with Gasteiger partial charge in [-0.3, -0.25) is 0 Å². The highest BCUT2D eigenvalue weighted by atomic mass is 32.2. The summed E-state index contributed by atoms with van der Waals surface area (Å²) in [6, 6.07) is 15.9. The number of rotatable bonds is 4. The molecule has 6 heteroatoms. The van der Waals surface area contributed by atoms with Crippen molar-refractivity contribution in [2.75, 3.05) is 0 Å². The Morgan fingerprint density at radius 1 is 1.13 bits per heavy atom. The molecule has 0 bridgehead atoms. The maximum atomic E-state index is 9.16. The van der Waals surface area contributed by atoms with Crippen LogP contribution in [0, 0.1) is 25.2 Å². The van der Waals surface area contributed by atoms with Gasteiger partial charge in [-0.05, 0) is 59.2 Å². The third-order valence-electron chi connectivity index (χ3n) is 3.67. The predicted octanol–water partition coefficient (Wildman–Crippen LogP) is 3.44. The van der Waals surface area contributed by atoms with Crippen LogP contribution < -0.4 is 0 Å². The number of tetrazole rings is 1. The standard InChI is InChI=1S/C17H15N5S/c1-12-7-8-16(9-13(12)2)22-17(19-20-21-22)23-11-15-6-4-3-5-14(15)10-18/h3-9H,11H2,1-2H3. The lowest BCUT2D eigenvalue weighted by atomic mass is 10.1. The van der Waals surface area contributed by atoms with E-state index in [1.807, 2.05) is 30.3 Å². The van der Waals surface area contributed by atoms with E-state index in [-0.39, 0.29) is 0 Å². The van der Waals surface area contributed by atoms with Gasteiger partial charge in [0.05, 0.1) is 17.3 Å². The first kappa shape index (κ1) is 15.3. The van der Waals surface area contributed by atoms with E-state index in [9.17, 15) is 0 Å². The molecule has 1 heterocycles. The van der Waals surface area contributed by atoms with E-state index in [4.69, 9.17) is 5.26 Å². The molecule has 0 unspecified atom stereocenters.